The predicted molar refractivity (Wildman–Crippen MR) is 94.4 cm³/mol. The molecule has 1 amide bonds. The van der Waals surface area contributed by atoms with Gasteiger partial charge < -0.3 is 5.32 Å². The SMILES string of the molecule is O=C(NCc1ccc(F)cc1)c1ccc(Cn2ccc(=O)[nH]c2=O)cc1. The molecule has 7 heteroatoms. The number of halogens is 1. The summed E-state index contributed by atoms with van der Waals surface area (Å²) in [6.45, 7) is 0.584. The van der Waals surface area contributed by atoms with Crippen LogP contribution in [0.1, 0.15) is 21.5 Å². The maximum Gasteiger partial charge on any atom is 0.328 e. The lowest BCUT2D eigenvalue weighted by Gasteiger charge is -2.08. The monoisotopic (exact) mass is 353 g/mol. The second-order valence-corrected chi connectivity index (χ2v) is 5.74. The second-order valence-electron chi connectivity index (χ2n) is 5.74. The van der Waals surface area contributed by atoms with E-state index in [-0.39, 0.29) is 18.3 Å². The van der Waals surface area contributed by atoms with E-state index in [2.05, 4.69) is 10.3 Å². The summed E-state index contributed by atoms with van der Waals surface area (Å²) in [4.78, 5) is 37.1. The van der Waals surface area contributed by atoms with Gasteiger partial charge in [-0.3, -0.25) is 19.1 Å². The van der Waals surface area contributed by atoms with Crippen molar-refractivity contribution in [1.82, 2.24) is 14.9 Å². The summed E-state index contributed by atoms with van der Waals surface area (Å²) in [6.07, 6.45) is 1.42. The molecular weight excluding hydrogens is 337 g/mol. The van der Waals surface area contributed by atoms with Crippen molar-refractivity contribution >= 4 is 5.91 Å². The molecule has 2 aromatic carbocycles. The van der Waals surface area contributed by atoms with E-state index in [1.807, 2.05) is 0 Å². The first-order valence-electron chi connectivity index (χ1n) is 7.92. The lowest BCUT2D eigenvalue weighted by atomic mass is 10.1. The van der Waals surface area contributed by atoms with Crippen molar-refractivity contribution in [1.29, 1.82) is 0 Å². The third-order valence-corrected chi connectivity index (χ3v) is 3.83. The molecule has 6 nitrogen and oxygen atoms in total. The highest BCUT2D eigenvalue weighted by Crippen LogP contribution is 2.07. The Bertz CT molecular complexity index is 1020. The zero-order valence-corrected chi connectivity index (χ0v) is 13.7. The van der Waals surface area contributed by atoms with Crippen molar-refractivity contribution < 1.29 is 9.18 Å². The molecule has 0 saturated carbocycles. The smallest absolute Gasteiger partial charge is 0.328 e. The Morgan fingerprint density at radius 2 is 1.62 bits per heavy atom. The van der Waals surface area contributed by atoms with E-state index < -0.39 is 11.2 Å². The van der Waals surface area contributed by atoms with Gasteiger partial charge in [0.1, 0.15) is 5.82 Å². The van der Waals surface area contributed by atoms with Crippen molar-refractivity contribution in [3.05, 3.63) is 104 Å². The lowest BCUT2D eigenvalue weighted by Crippen LogP contribution is -2.28. The number of aromatic nitrogens is 2. The van der Waals surface area contributed by atoms with Crippen LogP contribution < -0.4 is 16.6 Å². The zero-order chi connectivity index (χ0) is 18.5. The van der Waals surface area contributed by atoms with Crippen LogP contribution in [0, 0.1) is 5.82 Å². The molecule has 0 saturated heterocycles. The number of carbonyl (C=O) groups excluding carboxylic acids is 1. The minimum absolute atomic E-state index is 0.248. The quantitative estimate of drug-likeness (QED) is 0.732. The number of rotatable bonds is 5. The highest BCUT2D eigenvalue weighted by Gasteiger charge is 2.06. The Morgan fingerprint density at radius 3 is 2.27 bits per heavy atom. The molecule has 0 aliphatic rings. The van der Waals surface area contributed by atoms with Gasteiger partial charge in [-0.1, -0.05) is 24.3 Å². The van der Waals surface area contributed by atoms with Crippen LogP contribution in [-0.4, -0.2) is 15.5 Å². The van der Waals surface area contributed by atoms with Crippen LogP contribution in [0.15, 0.2) is 70.4 Å². The number of hydrogen-bond donors (Lipinski definition) is 2. The van der Waals surface area contributed by atoms with Crippen LogP contribution in [0.3, 0.4) is 0 Å². The Labute approximate surface area is 147 Å². The zero-order valence-electron chi connectivity index (χ0n) is 13.7. The number of carbonyl (C=O) groups is 1. The van der Waals surface area contributed by atoms with E-state index in [9.17, 15) is 18.8 Å². The molecule has 0 spiro atoms. The summed E-state index contributed by atoms with van der Waals surface area (Å²) in [5.41, 5.74) is 1.16. The third kappa shape index (κ3) is 4.32. The number of amides is 1. The average Bonchev–Trinajstić information content (AvgIpc) is 2.64. The fourth-order valence-corrected chi connectivity index (χ4v) is 2.41. The van der Waals surface area contributed by atoms with Crippen molar-refractivity contribution in [2.24, 2.45) is 0 Å². The average molecular weight is 353 g/mol. The normalized spacial score (nSPS) is 10.5. The number of H-pyrrole nitrogens is 1. The maximum atomic E-state index is 12.9. The molecule has 0 unspecified atom stereocenters. The minimum Gasteiger partial charge on any atom is -0.348 e. The van der Waals surface area contributed by atoms with Crippen molar-refractivity contribution in [2.45, 2.75) is 13.1 Å². The standard InChI is InChI=1S/C19H16FN3O3/c20-16-7-3-13(4-8-16)11-21-18(25)15-5-1-14(2-6-15)12-23-10-9-17(24)22-19(23)26/h1-10H,11-12H2,(H,21,25)(H,22,24,26). The van der Waals surface area contributed by atoms with Crippen LogP contribution in [0.2, 0.25) is 0 Å². The molecule has 0 radical (unpaired) electrons. The van der Waals surface area contributed by atoms with Crippen molar-refractivity contribution in [3.63, 3.8) is 0 Å². The molecule has 0 aliphatic heterocycles. The molecule has 3 rings (SSSR count). The molecule has 2 N–H and O–H groups in total. The molecular formula is C19H16FN3O3. The Hall–Kier alpha value is -3.48. The van der Waals surface area contributed by atoms with Gasteiger partial charge in [0.2, 0.25) is 0 Å². The summed E-state index contributed by atoms with van der Waals surface area (Å²) < 4.78 is 14.2. The summed E-state index contributed by atoms with van der Waals surface area (Å²) in [7, 11) is 0. The second kappa shape index (κ2) is 7.60. The summed E-state index contributed by atoms with van der Waals surface area (Å²) in [5.74, 6) is -0.570. The summed E-state index contributed by atoms with van der Waals surface area (Å²) in [6, 6.07) is 14.0. The van der Waals surface area contributed by atoms with Gasteiger partial charge in [0, 0.05) is 24.4 Å². The third-order valence-electron chi connectivity index (χ3n) is 3.83. The molecule has 3 aromatic rings. The Morgan fingerprint density at radius 1 is 0.962 bits per heavy atom. The molecule has 0 fully saturated rings. The van der Waals surface area contributed by atoms with Gasteiger partial charge in [-0.05, 0) is 35.4 Å². The van der Waals surface area contributed by atoms with E-state index in [0.29, 0.717) is 12.1 Å². The number of benzene rings is 2. The lowest BCUT2D eigenvalue weighted by molar-refractivity contribution is 0.0951. The molecule has 0 aliphatic carbocycles. The highest BCUT2D eigenvalue weighted by molar-refractivity contribution is 5.94. The van der Waals surface area contributed by atoms with E-state index in [1.54, 1.807) is 36.4 Å². The number of nitrogens with zero attached hydrogens (tertiary/aromatic N) is 1. The topological polar surface area (TPSA) is 84.0 Å². The first kappa shape index (κ1) is 17.3. The Kier molecular flexibility index (Phi) is 5.07. The van der Waals surface area contributed by atoms with Crippen LogP contribution in [0.5, 0.6) is 0 Å². The molecule has 0 bridgehead atoms. The van der Waals surface area contributed by atoms with Gasteiger partial charge in [0.15, 0.2) is 0 Å². The van der Waals surface area contributed by atoms with Crippen LogP contribution in [0.25, 0.3) is 0 Å². The number of hydrogen-bond acceptors (Lipinski definition) is 3. The number of aromatic amines is 1. The van der Waals surface area contributed by atoms with Gasteiger partial charge in [-0.25, -0.2) is 9.18 Å². The maximum absolute atomic E-state index is 12.9. The van der Waals surface area contributed by atoms with Crippen molar-refractivity contribution in [2.75, 3.05) is 0 Å². The minimum atomic E-state index is -0.487. The van der Waals surface area contributed by atoms with E-state index in [0.717, 1.165) is 11.1 Å². The van der Waals surface area contributed by atoms with Crippen LogP contribution in [-0.2, 0) is 13.1 Å². The molecule has 0 atom stereocenters. The molecule has 132 valence electrons. The van der Waals surface area contributed by atoms with Crippen LogP contribution in [0.4, 0.5) is 4.39 Å². The van der Waals surface area contributed by atoms with Gasteiger partial charge >= 0.3 is 5.69 Å². The van der Waals surface area contributed by atoms with E-state index >= 15 is 0 Å². The summed E-state index contributed by atoms with van der Waals surface area (Å²) >= 11 is 0. The fraction of sp³-hybridized carbons (Fsp3) is 0.105. The van der Waals surface area contributed by atoms with Gasteiger partial charge in [-0.15, -0.1) is 0 Å². The van der Waals surface area contributed by atoms with E-state index in [1.165, 1.54) is 29.0 Å². The first-order chi connectivity index (χ1) is 12.5. The molecule has 26 heavy (non-hydrogen) atoms. The fourth-order valence-electron chi connectivity index (χ4n) is 2.41. The predicted octanol–water partition coefficient (Wildman–Crippen LogP) is 1.65. The Balaban J connectivity index is 1.63. The van der Waals surface area contributed by atoms with Crippen molar-refractivity contribution in [3.8, 4) is 0 Å². The highest BCUT2D eigenvalue weighted by atomic mass is 19.1. The van der Waals surface area contributed by atoms with Gasteiger partial charge in [-0.2, -0.15) is 0 Å². The van der Waals surface area contributed by atoms with Gasteiger partial charge in [0.25, 0.3) is 11.5 Å². The largest absolute Gasteiger partial charge is 0.348 e. The summed E-state index contributed by atoms with van der Waals surface area (Å²) in [5, 5.41) is 2.76. The number of nitrogens with one attached hydrogen (secondary N) is 2. The van der Waals surface area contributed by atoms with E-state index in [4.69, 9.17) is 0 Å². The van der Waals surface area contributed by atoms with Crippen LogP contribution >= 0.6 is 0 Å². The van der Waals surface area contributed by atoms with Gasteiger partial charge in [0.05, 0.1) is 6.54 Å². The molecule has 1 aromatic heterocycles. The first-order valence-corrected chi connectivity index (χ1v) is 7.92. The molecule has 1 heterocycles.